The summed E-state index contributed by atoms with van der Waals surface area (Å²) in [5.74, 6) is 2.88. The highest BCUT2D eigenvalue weighted by atomic mass is 15.2. The minimum atomic E-state index is 0.905. The van der Waals surface area contributed by atoms with E-state index in [0.29, 0.717) is 0 Å². The van der Waals surface area contributed by atoms with Crippen molar-refractivity contribution in [3.8, 4) is 0 Å². The lowest BCUT2D eigenvalue weighted by Gasteiger charge is -2.36. The number of hydrogen-bond donors (Lipinski definition) is 0. The maximum atomic E-state index is 2.70. The van der Waals surface area contributed by atoms with E-state index in [-0.39, 0.29) is 0 Å². The van der Waals surface area contributed by atoms with E-state index in [2.05, 4.69) is 29.8 Å². The van der Waals surface area contributed by atoms with Gasteiger partial charge in [0.1, 0.15) is 0 Å². The van der Waals surface area contributed by atoms with Crippen molar-refractivity contribution in [2.24, 2.45) is 17.8 Å². The maximum Gasteiger partial charge on any atom is 0.0110 e. The van der Waals surface area contributed by atoms with Crippen LogP contribution in [0.2, 0.25) is 0 Å². The second-order valence-corrected chi connectivity index (χ2v) is 6.27. The van der Waals surface area contributed by atoms with E-state index >= 15 is 0 Å². The summed E-state index contributed by atoms with van der Waals surface area (Å²) in [6.45, 7) is 8.67. The largest absolute Gasteiger partial charge is 0.304 e. The van der Waals surface area contributed by atoms with Crippen LogP contribution < -0.4 is 0 Å². The molecule has 3 atom stereocenters. The van der Waals surface area contributed by atoms with Crippen LogP contribution in [0.4, 0.5) is 0 Å². The first-order chi connectivity index (χ1) is 8.28. The molecule has 3 unspecified atom stereocenters. The molecule has 0 spiro atoms. The van der Waals surface area contributed by atoms with Gasteiger partial charge in [0.2, 0.25) is 0 Å². The fraction of sp³-hybridized carbons (Fsp3) is 0.867. The summed E-state index contributed by atoms with van der Waals surface area (Å²) in [6, 6.07) is 0. The molecule has 1 aliphatic heterocycles. The number of nitrogens with zero attached hydrogens (tertiary/aromatic N) is 2. The van der Waals surface area contributed by atoms with Crippen LogP contribution in [0.15, 0.2) is 11.6 Å². The molecule has 2 bridgehead atoms. The van der Waals surface area contributed by atoms with Gasteiger partial charge in [0.25, 0.3) is 0 Å². The van der Waals surface area contributed by atoms with Crippen molar-refractivity contribution in [3.05, 3.63) is 11.6 Å². The Morgan fingerprint density at radius 3 is 2.65 bits per heavy atom. The molecule has 3 aliphatic rings. The zero-order valence-electron chi connectivity index (χ0n) is 11.4. The molecular formula is C15H26N2. The van der Waals surface area contributed by atoms with Crippen molar-refractivity contribution in [2.75, 3.05) is 39.8 Å². The number of hydrogen-bond acceptors (Lipinski definition) is 2. The molecule has 0 N–H and O–H groups in total. The molecule has 0 radical (unpaired) electrons. The van der Waals surface area contributed by atoms with E-state index in [1.165, 1.54) is 52.0 Å². The first-order valence-corrected chi connectivity index (χ1v) is 7.35. The van der Waals surface area contributed by atoms with Crippen molar-refractivity contribution in [3.63, 3.8) is 0 Å². The van der Waals surface area contributed by atoms with Crippen molar-refractivity contribution in [2.45, 2.75) is 26.2 Å². The van der Waals surface area contributed by atoms with Crippen LogP contribution >= 0.6 is 0 Å². The first kappa shape index (κ1) is 11.7. The van der Waals surface area contributed by atoms with Gasteiger partial charge in [-0.25, -0.2) is 0 Å². The number of fused-ring (bicyclic) bond motifs is 2. The van der Waals surface area contributed by atoms with Crippen LogP contribution in [-0.4, -0.2) is 49.6 Å². The van der Waals surface area contributed by atoms with Crippen LogP contribution in [0, 0.1) is 17.8 Å². The third kappa shape index (κ3) is 2.17. The lowest BCUT2D eigenvalue weighted by atomic mass is 9.83. The second kappa shape index (κ2) is 4.74. The molecule has 0 aromatic rings. The summed E-state index contributed by atoms with van der Waals surface area (Å²) in [7, 11) is 2.24. The molecule has 3 fully saturated rings. The summed E-state index contributed by atoms with van der Waals surface area (Å²) >= 11 is 0. The lowest BCUT2D eigenvalue weighted by molar-refractivity contribution is 0.131. The normalized spacial score (nSPS) is 41.5. The molecule has 17 heavy (non-hydrogen) atoms. The highest BCUT2D eigenvalue weighted by Crippen LogP contribution is 2.52. The smallest absolute Gasteiger partial charge is 0.0110 e. The molecule has 0 amide bonds. The SMILES string of the molecule is CC=C1C2CCC(C2)C1CN1CCN(C)CC1. The monoisotopic (exact) mass is 234 g/mol. The van der Waals surface area contributed by atoms with Crippen molar-refractivity contribution in [1.82, 2.24) is 9.80 Å². The van der Waals surface area contributed by atoms with Gasteiger partial charge in [0, 0.05) is 32.7 Å². The summed E-state index contributed by atoms with van der Waals surface area (Å²) < 4.78 is 0. The Bertz CT molecular complexity index is 302. The fourth-order valence-corrected chi connectivity index (χ4v) is 4.27. The molecule has 2 saturated carbocycles. The van der Waals surface area contributed by atoms with Crippen LogP contribution in [0.1, 0.15) is 26.2 Å². The number of allylic oxidation sites excluding steroid dienone is 1. The van der Waals surface area contributed by atoms with Crippen LogP contribution in [0.25, 0.3) is 0 Å². The van der Waals surface area contributed by atoms with Crippen LogP contribution in [0.3, 0.4) is 0 Å². The first-order valence-electron chi connectivity index (χ1n) is 7.35. The minimum absolute atomic E-state index is 0.905. The standard InChI is InChI=1S/C15H26N2/c1-3-14-12-4-5-13(10-12)15(14)11-17-8-6-16(2)7-9-17/h3,12-13,15H,4-11H2,1-2H3. The quantitative estimate of drug-likeness (QED) is 0.676. The highest BCUT2D eigenvalue weighted by molar-refractivity contribution is 5.21. The van der Waals surface area contributed by atoms with Gasteiger partial charge in [-0.2, -0.15) is 0 Å². The molecule has 2 aliphatic carbocycles. The van der Waals surface area contributed by atoms with Gasteiger partial charge in [-0.3, -0.25) is 0 Å². The number of likely N-dealkylation sites (N-methyl/N-ethyl adjacent to an activating group) is 1. The van der Waals surface area contributed by atoms with Crippen LogP contribution in [-0.2, 0) is 0 Å². The fourth-order valence-electron chi connectivity index (χ4n) is 4.27. The Kier molecular flexibility index (Phi) is 3.27. The van der Waals surface area contributed by atoms with Gasteiger partial charge in [-0.05, 0) is 51.0 Å². The van der Waals surface area contributed by atoms with Crippen molar-refractivity contribution >= 4 is 0 Å². The third-order valence-electron chi connectivity index (χ3n) is 5.33. The molecular weight excluding hydrogens is 208 g/mol. The Morgan fingerprint density at radius 2 is 1.94 bits per heavy atom. The van der Waals surface area contributed by atoms with Crippen LogP contribution in [0.5, 0.6) is 0 Å². The van der Waals surface area contributed by atoms with Gasteiger partial charge in [-0.15, -0.1) is 0 Å². The molecule has 96 valence electrons. The van der Waals surface area contributed by atoms with E-state index in [0.717, 1.165) is 17.8 Å². The predicted molar refractivity (Wildman–Crippen MR) is 72.0 cm³/mol. The van der Waals surface area contributed by atoms with Gasteiger partial charge in [0.15, 0.2) is 0 Å². The lowest BCUT2D eigenvalue weighted by Crippen LogP contribution is -2.46. The van der Waals surface area contributed by atoms with E-state index in [1.807, 2.05) is 0 Å². The minimum Gasteiger partial charge on any atom is -0.304 e. The molecule has 2 heteroatoms. The summed E-state index contributed by atoms with van der Waals surface area (Å²) in [6.07, 6.45) is 6.91. The Hall–Kier alpha value is -0.340. The summed E-state index contributed by atoms with van der Waals surface area (Å²) in [4.78, 5) is 5.16. The van der Waals surface area contributed by atoms with E-state index in [9.17, 15) is 0 Å². The summed E-state index contributed by atoms with van der Waals surface area (Å²) in [5.41, 5.74) is 1.81. The number of piperazine rings is 1. The zero-order chi connectivity index (χ0) is 11.8. The van der Waals surface area contributed by atoms with Gasteiger partial charge < -0.3 is 9.80 Å². The second-order valence-electron chi connectivity index (χ2n) is 6.27. The maximum absolute atomic E-state index is 2.70. The summed E-state index contributed by atoms with van der Waals surface area (Å²) in [5, 5.41) is 0. The topological polar surface area (TPSA) is 6.48 Å². The van der Waals surface area contributed by atoms with E-state index < -0.39 is 0 Å². The van der Waals surface area contributed by atoms with E-state index in [1.54, 1.807) is 5.57 Å². The predicted octanol–water partition coefficient (Wildman–Crippen LogP) is 2.23. The average Bonchev–Trinajstić information content (AvgIpc) is 2.92. The molecule has 0 aromatic heterocycles. The van der Waals surface area contributed by atoms with Gasteiger partial charge >= 0.3 is 0 Å². The van der Waals surface area contributed by atoms with E-state index in [4.69, 9.17) is 0 Å². The molecule has 3 rings (SSSR count). The van der Waals surface area contributed by atoms with Crippen molar-refractivity contribution in [1.29, 1.82) is 0 Å². The molecule has 0 aromatic carbocycles. The third-order valence-corrected chi connectivity index (χ3v) is 5.33. The average molecular weight is 234 g/mol. The Balaban J connectivity index is 1.61. The Labute approximate surface area is 106 Å². The van der Waals surface area contributed by atoms with Crippen molar-refractivity contribution < 1.29 is 0 Å². The molecule has 1 heterocycles. The molecule has 2 nitrogen and oxygen atoms in total. The number of rotatable bonds is 2. The Morgan fingerprint density at radius 1 is 1.18 bits per heavy atom. The zero-order valence-corrected chi connectivity index (χ0v) is 11.4. The van der Waals surface area contributed by atoms with Gasteiger partial charge in [0.05, 0.1) is 0 Å². The van der Waals surface area contributed by atoms with Gasteiger partial charge in [-0.1, -0.05) is 11.6 Å². The highest BCUT2D eigenvalue weighted by Gasteiger charge is 2.43. The molecule has 1 saturated heterocycles.